The van der Waals surface area contributed by atoms with Crippen LogP contribution >= 0.6 is 0 Å². The molecule has 0 aliphatic heterocycles. The Morgan fingerprint density at radius 1 is 0.644 bits per heavy atom. The normalized spacial score (nSPS) is 11.8. The van der Waals surface area contributed by atoms with E-state index >= 15 is 0 Å². The molecule has 0 spiro atoms. The van der Waals surface area contributed by atoms with Crippen molar-refractivity contribution in [3.05, 3.63) is 129 Å². The van der Waals surface area contributed by atoms with Crippen molar-refractivity contribution < 1.29 is 39.1 Å². The number of rotatable bonds is 10. The van der Waals surface area contributed by atoms with Gasteiger partial charge in [0.05, 0.1) is 23.5 Å². The van der Waals surface area contributed by atoms with Gasteiger partial charge in [-0.2, -0.15) is 10.2 Å². The number of allylic oxidation sites excluding steroid dienone is 2. The van der Waals surface area contributed by atoms with E-state index in [1.165, 1.54) is 48.8 Å². The van der Waals surface area contributed by atoms with E-state index in [-0.39, 0.29) is 42.5 Å². The Balaban J connectivity index is 0.000000307. The molecule has 2 N–H and O–H groups in total. The van der Waals surface area contributed by atoms with Crippen molar-refractivity contribution in [3.63, 3.8) is 0 Å². The molecule has 0 unspecified atom stereocenters. The van der Waals surface area contributed by atoms with Gasteiger partial charge in [0.15, 0.2) is 0 Å². The SMILES string of the molecule is O=[N+]([O-])c1ccc(/C=C/C=N/NC([S-])=Nc2ccccc2)o1.O=[N+]([O-])c1ccc(/C=C/C=N/NC([S-])=Nc2ccccc2)o1.[Pd+2]. The van der Waals surface area contributed by atoms with Gasteiger partial charge in [0.1, 0.15) is 21.4 Å². The number of hydrazone groups is 2. The molecule has 0 atom stereocenters. The maximum absolute atomic E-state index is 10.4. The van der Waals surface area contributed by atoms with E-state index in [4.69, 9.17) is 34.1 Å². The Morgan fingerprint density at radius 3 is 1.36 bits per heavy atom. The van der Waals surface area contributed by atoms with Crippen molar-refractivity contribution in [2.75, 3.05) is 0 Å². The van der Waals surface area contributed by atoms with Crippen LogP contribution in [0.4, 0.5) is 23.1 Å². The second-order valence-corrected chi connectivity index (χ2v) is 8.64. The molecule has 0 saturated carbocycles. The van der Waals surface area contributed by atoms with Gasteiger partial charge in [-0.05, 0) is 60.7 Å². The molecule has 2 heterocycles. The van der Waals surface area contributed by atoms with E-state index < -0.39 is 9.85 Å². The van der Waals surface area contributed by atoms with Crippen LogP contribution in [0.1, 0.15) is 11.5 Å². The molecule has 14 nitrogen and oxygen atoms in total. The maximum atomic E-state index is 10.4. The molecule has 0 bridgehead atoms. The number of nitrogens with zero attached hydrogens (tertiary/aromatic N) is 6. The van der Waals surface area contributed by atoms with Gasteiger partial charge in [-0.1, -0.05) is 36.4 Å². The van der Waals surface area contributed by atoms with Crippen molar-refractivity contribution in [2.45, 2.75) is 0 Å². The topological polar surface area (TPSA) is 186 Å². The second kappa shape index (κ2) is 19.8. The van der Waals surface area contributed by atoms with Crippen LogP contribution in [0.25, 0.3) is 12.2 Å². The third-order valence-corrected chi connectivity index (χ3v) is 5.09. The van der Waals surface area contributed by atoms with Crippen LogP contribution in [0.5, 0.6) is 0 Å². The monoisotopic (exact) mass is 736 g/mol. The summed E-state index contributed by atoms with van der Waals surface area (Å²) in [6, 6.07) is 24.0. The van der Waals surface area contributed by atoms with E-state index in [1.807, 2.05) is 60.7 Å². The summed E-state index contributed by atoms with van der Waals surface area (Å²) in [5.41, 5.74) is 6.63. The van der Waals surface area contributed by atoms with E-state index in [1.54, 1.807) is 12.2 Å². The van der Waals surface area contributed by atoms with Gasteiger partial charge in [-0.15, -0.1) is 0 Å². The average molecular weight is 737 g/mol. The third kappa shape index (κ3) is 14.1. The summed E-state index contributed by atoms with van der Waals surface area (Å²) in [6.07, 6.45) is 9.05. The van der Waals surface area contributed by atoms with Gasteiger partial charge in [-0.3, -0.25) is 41.1 Å². The van der Waals surface area contributed by atoms with Crippen LogP contribution in [-0.4, -0.2) is 32.6 Å². The number of nitro groups is 2. The molecular weight excluding hydrogens is 715 g/mol. The Hall–Kier alpha value is -5.34. The van der Waals surface area contributed by atoms with E-state index in [0.717, 1.165) is 11.4 Å². The predicted molar refractivity (Wildman–Crippen MR) is 174 cm³/mol. The minimum Gasteiger partial charge on any atom is -0.741 e. The van der Waals surface area contributed by atoms with Crippen molar-refractivity contribution >= 4 is 83.3 Å². The zero-order valence-electron chi connectivity index (χ0n) is 22.8. The van der Waals surface area contributed by atoms with Gasteiger partial charge >= 0.3 is 32.2 Å². The van der Waals surface area contributed by atoms with Crippen LogP contribution in [0.3, 0.4) is 0 Å². The van der Waals surface area contributed by atoms with E-state index in [0.29, 0.717) is 11.5 Å². The summed E-state index contributed by atoms with van der Waals surface area (Å²) in [4.78, 5) is 27.9. The summed E-state index contributed by atoms with van der Waals surface area (Å²) in [5.74, 6) is 0.0968. The fourth-order valence-corrected chi connectivity index (χ4v) is 3.21. The van der Waals surface area contributed by atoms with E-state index in [2.05, 4.69) is 31.0 Å². The standard InChI is InChI=1S/2C14H12N4O3S.Pd/c2*19-18(20)13-9-8-12(21-13)7-4-10-15-17-14(22)16-11-5-2-1-3-6-11;/h2*1-10H,(H2,16,17,22);/q;;+2/p-2/b2*7-4+,15-10+;. The molecule has 0 aliphatic rings. The van der Waals surface area contributed by atoms with Crippen molar-refractivity contribution in [1.29, 1.82) is 0 Å². The number of furan rings is 2. The quantitative estimate of drug-likeness (QED) is 0.0487. The molecule has 45 heavy (non-hydrogen) atoms. The van der Waals surface area contributed by atoms with Gasteiger partial charge in [0, 0.05) is 22.8 Å². The second-order valence-electron chi connectivity index (χ2n) is 7.87. The zero-order valence-corrected chi connectivity index (χ0v) is 26.0. The van der Waals surface area contributed by atoms with Crippen LogP contribution in [-0.2, 0) is 45.7 Å². The number of amidine groups is 2. The van der Waals surface area contributed by atoms with Crippen LogP contribution in [0.2, 0.25) is 0 Å². The molecule has 0 radical (unpaired) electrons. The summed E-state index contributed by atoms with van der Waals surface area (Å²) < 4.78 is 9.88. The fourth-order valence-electron chi connectivity index (χ4n) is 2.90. The number of benzene rings is 2. The number of hydrogen-bond acceptors (Lipinski definition) is 12. The molecule has 4 aromatic rings. The minimum absolute atomic E-state index is 0. The molecule has 0 aliphatic carbocycles. The fraction of sp³-hybridized carbons (Fsp3) is 0. The maximum Gasteiger partial charge on any atom is 2.00 e. The van der Waals surface area contributed by atoms with Gasteiger partial charge in [-0.25, -0.2) is 0 Å². The Morgan fingerprint density at radius 2 is 1.02 bits per heavy atom. The number of aliphatic imine (C=N–C) groups is 2. The molecule has 2 aromatic heterocycles. The first kappa shape index (κ1) is 35.9. The summed E-state index contributed by atoms with van der Waals surface area (Å²) in [5, 5.41) is 29.0. The first-order chi connectivity index (χ1) is 21.3. The minimum atomic E-state index is -0.601. The molecule has 232 valence electrons. The average Bonchev–Trinajstić information content (AvgIpc) is 3.69. The molecule has 0 fully saturated rings. The number of para-hydroxylation sites is 2. The molecule has 0 amide bonds. The van der Waals surface area contributed by atoms with Crippen molar-refractivity contribution in [1.82, 2.24) is 10.9 Å². The Kier molecular flexibility index (Phi) is 15.8. The smallest absolute Gasteiger partial charge is 0.741 e. The predicted octanol–water partition coefficient (Wildman–Crippen LogP) is 6.02. The summed E-state index contributed by atoms with van der Waals surface area (Å²) >= 11 is 10.0. The van der Waals surface area contributed by atoms with Crippen LogP contribution < -0.4 is 10.9 Å². The first-order valence-electron chi connectivity index (χ1n) is 12.3. The van der Waals surface area contributed by atoms with Gasteiger partial charge in [0.25, 0.3) is 0 Å². The Labute approximate surface area is 281 Å². The first-order valence-corrected chi connectivity index (χ1v) is 13.1. The molecule has 2 aromatic carbocycles. The van der Waals surface area contributed by atoms with Crippen LogP contribution in [0, 0.1) is 20.2 Å². The largest absolute Gasteiger partial charge is 2.00 e. The molecule has 4 rings (SSSR count). The zero-order chi connectivity index (χ0) is 31.6. The molecule has 17 heteroatoms. The third-order valence-electron chi connectivity index (χ3n) is 4.72. The van der Waals surface area contributed by atoms with Gasteiger partial charge in [0.2, 0.25) is 0 Å². The number of hydrogen-bond donors (Lipinski definition) is 2. The molecule has 0 saturated heterocycles. The number of nitrogens with one attached hydrogen (secondary N) is 2. The van der Waals surface area contributed by atoms with E-state index in [9.17, 15) is 20.2 Å². The summed E-state index contributed by atoms with van der Waals surface area (Å²) in [7, 11) is 0. The van der Waals surface area contributed by atoms with Crippen LogP contribution in [0.15, 0.2) is 126 Å². The van der Waals surface area contributed by atoms with Crippen molar-refractivity contribution in [2.24, 2.45) is 20.2 Å². The summed E-state index contributed by atoms with van der Waals surface area (Å²) in [6.45, 7) is 0. The van der Waals surface area contributed by atoms with Gasteiger partial charge < -0.3 is 34.1 Å². The Bertz CT molecular complexity index is 1580. The van der Waals surface area contributed by atoms with Crippen molar-refractivity contribution in [3.8, 4) is 0 Å². The molecular formula is C28H22N8O6PdS2.